The minimum atomic E-state index is -4.91. The lowest BCUT2D eigenvalue weighted by Gasteiger charge is -2.25. The molecular weight excluding hydrogens is 503 g/mol. The van der Waals surface area contributed by atoms with Crippen molar-refractivity contribution < 1.29 is 42.4 Å². The van der Waals surface area contributed by atoms with Crippen LogP contribution in [0, 0.1) is 0 Å². The summed E-state index contributed by atoms with van der Waals surface area (Å²) in [6, 6.07) is 13.1. The van der Waals surface area contributed by atoms with Gasteiger partial charge in [-0.05, 0) is 60.2 Å². The van der Waals surface area contributed by atoms with Crippen molar-refractivity contribution in [2.75, 3.05) is 12.0 Å². The van der Waals surface area contributed by atoms with Crippen LogP contribution in [0.15, 0.2) is 72.3 Å². The van der Waals surface area contributed by atoms with Gasteiger partial charge in [-0.1, -0.05) is 23.7 Å². The van der Waals surface area contributed by atoms with E-state index < -0.39 is 35.6 Å². The van der Waals surface area contributed by atoms with E-state index >= 15 is 0 Å². The summed E-state index contributed by atoms with van der Waals surface area (Å²) in [5.41, 5.74) is 0.131. The number of amides is 1. The maximum atomic E-state index is 13.2. The third kappa shape index (κ3) is 4.80. The molecule has 3 aromatic carbocycles. The Balaban J connectivity index is 1.88. The number of ketones is 1. The summed E-state index contributed by atoms with van der Waals surface area (Å²) in [5.74, 6) is -2.92. The van der Waals surface area contributed by atoms with Crippen molar-refractivity contribution in [2.24, 2.45) is 0 Å². The van der Waals surface area contributed by atoms with E-state index in [1.54, 1.807) is 6.07 Å². The average Bonchev–Trinajstić information content (AvgIpc) is 3.09. The first-order chi connectivity index (χ1) is 17.0. The number of Topliss-reactive ketones (excluding diaryl/α,β-unsaturated/α-hetero) is 1. The Morgan fingerprint density at radius 1 is 0.972 bits per heavy atom. The SMILES string of the molecule is COc1ccc(Cl)c(/C(O)=C2\C(=O)C(=O)N(c3ccc(OC(F)(F)F)cc3)C2c2ccc(O)cc2)c1. The zero-order valence-corrected chi connectivity index (χ0v) is 19.2. The highest BCUT2D eigenvalue weighted by atomic mass is 35.5. The zero-order valence-electron chi connectivity index (χ0n) is 18.4. The number of methoxy groups -OCH3 is 1. The van der Waals surface area contributed by atoms with Crippen molar-refractivity contribution >= 4 is 34.7 Å². The van der Waals surface area contributed by atoms with Gasteiger partial charge in [-0.3, -0.25) is 14.5 Å². The van der Waals surface area contributed by atoms with Crippen LogP contribution in [0.1, 0.15) is 17.2 Å². The topological polar surface area (TPSA) is 96.3 Å². The second kappa shape index (κ2) is 9.46. The van der Waals surface area contributed by atoms with Crippen molar-refractivity contribution in [3.05, 3.63) is 88.5 Å². The van der Waals surface area contributed by atoms with Gasteiger partial charge in [0.25, 0.3) is 11.7 Å². The van der Waals surface area contributed by atoms with Crippen LogP contribution in [0.5, 0.6) is 17.2 Å². The van der Waals surface area contributed by atoms with Gasteiger partial charge in [-0.25, -0.2) is 0 Å². The smallest absolute Gasteiger partial charge is 0.508 e. The van der Waals surface area contributed by atoms with Crippen molar-refractivity contribution in [1.29, 1.82) is 0 Å². The maximum Gasteiger partial charge on any atom is 0.573 e. The van der Waals surface area contributed by atoms with Crippen LogP contribution in [0.25, 0.3) is 5.76 Å². The molecule has 2 N–H and O–H groups in total. The molecule has 0 spiro atoms. The average molecular weight is 520 g/mol. The van der Waals surface area contributed by atoms with Crippen molar-refractivity contribution in [3.63, 3.8) is 0 Å². The number of rotatable bonds is 5. The third-order valence-electron chi connectivity index (χ3n) is 5.43. The first-order valence-corrected chi connectivity index (χ1v) is 10.7. The molecule has 0 bridgehead atoms. The number of alkyl halides is 3. The summed E-state index contributed by atoms with van der Waals surface area (Å²) in [6.07, 6.45) is -4.91. The molecule has 0 aromatic heterocycles. The third-order valence-corrected chi connectivity index (χ3v) is 5.76. The fourth-order valence-corrected chi connectivity index (χ4v) is 4.04. The number of nitrogens with zero attached hydrogens (tertiary/aromatic N) is 1. The number of halogens is 4. The number of phenolic OH excluding ortho intramolecular Hbond substituents is 1. The van der Waals surface area contributed by atoms with Gasteiger partial charge in [0.15, 0.2) is 0 Å². The Morgan fingerprint density at radius 2 is 1.58 bits per heavy atom. The van der Waals surface area contributed by atoms with Gasteiger partial charge in [0.2, 0.25) is 0 Å². The molecule has 11 heteroatoms. The minimum absolute atomic E-state index is 0.0340. The maximum absolute atomic E-state index is 13.2. The lowest BCUT2D eigenvalue weighted by atomic mass is 9.95. The number of benzene rings is 3. The summed E-state index contributed by atoms with van der Waals surface area (Å²) >= 11 is 6.25. The van der Waals surface area contributed by atoms with E-state index in [1.165, 1.54) is 55.6 Å². The van der Waals surface area contributed by atoms with Crippen LogP contribution in [0.2, 0.25) is 5.02 Å². The molecule has 4 rings (SSSR count). The minimum Gasteiger partial charge on any atom is -0.508 e. The number of ether oxygens (including phenoxy) is 2. The van der Waals surface area contributed by atoms with Gasteiger partial charge < -0.3 is 19.7 Å². The quantitative estimate of drug-likeness (QED) is 0.259. The van der Waals surface area contributed by atoms with Crippen LogP contribution in [0.4, 0.5) is 18.9 Å². The van der Waals surface area contributed by atoms with E-state index in [0.29, 0.717) is 11.3 Å². The first-order valence-electron chi connectivity index (χ1n) is 10.3. The van der Waals surface area contributed by atoms with Gasteiger partial charge in [0.05, 0.1) is 23.7 Å². The summed E-state index contributed by atoms with van der Waals surface area (Å²) < 4.78 is 46.7. The summed E-state index contributed by atoms with van der Waals surface area (Å²) in [4.78, 5) is 27.3. The number of hydrogen-bond acceptors (Lipinski definition) is 6. The number of aliphatic hydroxyl groups excluding tert-OH is 1. The summed E-state index contributed by atoms with van der Waals surface area (Å²) in [7, 11) is 1.40. The molecule has 186 valence electrons. The predicted octanol–water partition coefficient (Wildman–Crippen LogP) is 5.58. The fraction of sp³-hybridized carbons (Fsp3) is 0.120. The van der Waals surface area contributed by atoms with E-state index in [-0.39, 0.29) is 27.6 Å². The van der Waals surface area contributed by atoms with E-state index in [1.807, 2.05) is 0 Å². The molecule has 0 aliphatic carbocycles. The number of aliphatic hydroxyl groups is 1. The Kier molecular flexibility index (Phi) is 6.55. The Labute approximate surface area is 207 Å². The number of carbonyl (C=O) groups excluding carboxylic acids is 2. The highest BCUT2D eigenvalue weighted by Crippen LogP contribution is 2.44. The van der Waals surface area contributed by atoms with Gasteiger partial charge in [-0.2, -0.15) is 0 Å². The number of carbonyl (C=O) groups is 2. The molecular formula is C25H17ClF3NO6. The molecule has 0 saturated carbocycles. The molecule has 7 nitrogen and oxygen atoms in total. The second-order valence-electron chi connectivity index (χ2n) is 7.65. The van der Waals surface area contributed by atoms with E-state index in [0.717, 1.165) is 17.0 Å². The molecule has 1 aliphatic rings. The first kappa shape index (κ1) is 24.9. The normalized spacial score (nSPS) is 17.4. The predicted molar refractivity (Wildman–Crippen MR) is 124 cm³/mol. The molecule has 1 amide bonds. The summed E-state index contributed by atoms with van der Waals surface area (Å²) in [5, 5.41) is 21.0. The van der Waals surface area contributed by atoms with Crippen molar-refractivity contribution in [1.82, 2.24) is 0 Å². The molecule has 1 heterocycles. The molecule has 1 atom stereocenters. The molecule has 3 aromatic rings. The number of aromatic hydroxyl groups is 1. The Morgan fingerprint density at radius 3 is 2.17 bits per heavy atom. The Hall–Kier alpha value is -4.18. The number of hydrogen-bond donors (Lipinski definition) is 2. The van der Waals surface area contributed by atoms with E-state index in [9.17, 15) is 33.0 Å². The van der Waals surface area contributed by atoms with Gasteiger partial charge >= 0.3 is 6.36 Å². The summed E-state index contributed by atoms with van der Waals surface area (Å²) in [6.45, 7) is 0. The molecule has 1 unspecified atom stereocenters. The number of phenols is 1. The van der Waals surface area contributed by atoms with Crippen molar-refractivity contribution in [3.8, 4) is 17.2 Å². The van der Waals surface area contributed by atoms with Gasteiger partial charge in [0.1, 0.15) is 23.0 Å². The second-order valence-corrected chi connectivity index (χ2v) is 8.06. The van der Waals surface area contributed by atoms with Gasteiger partial charge in [0, 0.05) is 11.3 Å². The molecule has 36 heavy (non-hydrogen) atoms. The molecule has 1 saturated heterocycles. The highest BCUT2D eigenvalue weighted by Gasteiger charge is 2.47. The lowest BCUT2D eigenvalue weighted by Crippen LogP contribution is -2.29. The Bertz CT molecular complexity index is 1350. The molecule has 1 aliphatic heterocycles. The van der Waals surface area contributed by atoms with E-state index in [4.69, 9.17) is 16.3 Å². The van der Waals surface area contributed by atoms with Crippen LogP contribution in [-0.4, -0.2) is 35.4 Å². The monoisotopic (exact) mass is 519 g/mol. The van der Waals surface area contributed by atoms with Crippen molar-refractivity contribution in [2.45, 2.75) is 12.4 Å². The fourth-order valence-electron chi connectivity index (χ4n) is 3.84. The van der Waals surface area contributed by atoms with Crippen LogP contribution >= 0.6 is 11.6 Å². The highest BCUT2D eigenvalue weighted by molar-refractivity contribution is 6.52. The van der Waals surface area contributed by atoms with Gasteiger partial charge in [-0.15, -0.1) is 13.2 Å². The number of anilines is 1. The van der Waals surface area contributed by atoms with E-state index in [2.05, 4.69) is 4.74 Å². The van der Waals surface area contributed by atoms with Crippen LogP contribution < -0.4 is 14.4 Å². The largest absolute Gasteiger partial charge is 0.573 e. The molecule has 1 fully saturated rings. The zero-order chi connectivity index (χ0) is 26.2. The molecule has 0 radical (unpaired) electrons. The van der Waals surface area contributed by atoms with Crippen LogP contribution in [-0.2, 0) is 9.59 Å². The lowest BCUT2D eigenvalue weighted by molar-refractivity contribution is -0.274. The standard InChI is InChI=1S/C25H17ClF3NO6/c1-35-17-10-11-19(26)18(12-17)22(32)20-21(13-2-6-15(31)7-3-13)30(24(34)23(20)33)14-4-8-16(9-5-14)36-25(27,28)29/h2-12,21,31-32H,1H3/b22-20+. The van der Waals surface area contributed by atoms with Crippen LogP contribution in [0.3, 0.4) is 0 Å².